The van der Waals surface area contributed by atoms with Gasteiger partial charge in [-0.05, 0) is 217 Å². The maximum absolute atomic E-state index is 13.3. The maximum Gasteiger partial charge on any atom is 0.426 e. The smallest absolute Gasteiger partial charge is 0.421 e. The lowest BCUT2D eigenvalue weighted by Gasteiger charge is -2.40. The molecule has 6 fully saturated rings. The van der Waals surface area contributed by atoms with Gasteiger partial charge >= 0.3 is 24.7 Å². The van der Waals surface area contributed by atoms with Crippen LogP contribution in [0, 0.1) is 53.3 Å². The minimum atomic E-state index is -5.52. The quantitative estimate of drug-likeness (QED) is 0.0483. The molecule has 510 valence electrons. The lowest BCUT2D eigenvalue weighted by Crippen LogP contribution is -2.60. The third-order valence-electron chi connectivity index (χ3n) is 15.9. The monoisotopic (exact) mass is 1290 g/mol. The summed E-state index contributed by atoms with van der Waals surface area (Å²) in [5, 5.41) is 0. The first-order valence-electron chi connectivity index (χ1n) is 27.7. The summed E-state index contributed by atoms with van der Waals surface area (Å²) < 4.78 is 202. The van der Waals surface area contributed by atoms with Gasteiger partial charge in [-0.1, -0.05) is 63.8 Å². The van der Waals surface area contributed by atoms with E-state index in [1.807, 2.05) is 0 Å². The van der Waals surface area contributed by atoms with Crippen LogP contribution in [0.4, 0.5) is 52.7 Å². The van der Waals surface area contributed by atoms with Crippen molar-refractivity contribution in [1.82, 2.24) is 0 Å². The van der Waals surface area contributed by atoms with Gasteiger partial charge in [0.15, 0.2) is 36.7 Å². The van der Waals surface area contributed by atoms with E-state index in [1.165, 1.54) is 19.8 Å². The van der Waals surface area contributed by atoms with Crippen molar-refractivity contribution in [2.45, 2.75) is 270 Å². The highest BCUT2D eigenvalue weighted by Crippen LogP contribution is 2.57. The third-order valence-corrected chi connectivity index (χ3v) is 19.6. The van der Waals surface area contributed by atoms with E-state index in [0.717, 1.165) is 58.3 Å². The van der Waals surface area contributed by atoms with Crippen molar-refractivity contribution in [3.05, 3.63) is 0 Å². The van der Waals surface area contributed by atoms with Crippen LogP contribution in [-0.4, -0.2) is 128 Å². The van der Waals surface area contributed by atoms with E-state index in [1.54, 1.807) is 35.2 Å². The van der Waals surface area contributed by atoms with Gasteiger partial charge in [0.25, 0.3) is 5.60 Å². The molecule has 83 heavy (non-hydrogen) atoms. The zero-order valence-corrected chi connectivity index (χ0v) is 52.3. The molecule has 24 heteroatoms. The fraction of sp³-hybridized carbons (Fsp3) is 1.00. The van der Waals surface area contributed by atoms with E-state index in [4.69, 9.17) is 32.2 Å². The van der Waals surface area contributed by atoms with Crippen LogP contribution in [0.2, 0.25) is 58.9 Å². The highest BCUT2D eigenvalue weighted by atomic mass is 28.4. The minimum Gasteiger partial charge on any atom is -0.421 e. The molecule has 6 bridgehead atoms. The second-order valence-electron chi connectivity index (χ2n) is 24.8. The first-order valence-corrected chi connectivity index (χ1v) is 37.9. The van der Waals surface area contributed by atoms with Gasteiger partial charge in [-0.25, -0.2) is 0 Å². The maximum atomic E-state index is 13.3. The predicted octanol–water partition coefficient (Wildman–Crippen LogP) is 20.8. The zero-order valence-electron chi connectivity index (χ0n) is 49.3. The summed E-state index contributed by atoms with van der Waals surface area (Å²) in [6.07, 6.45) is -10.7. The molecule has 6 rings (SSSR count). The first-order chi connectivity index (χ1) is 35.1. The average Bonchev–Trinajstić information content (AvgIpc) is 4.19. The molecule has 0 aromatic carbocycles. The Bertz CT molecular complexity index is 1550. The summed E-state index contributed by atoms with van der Waals surface area (Å²) in [7, 11) is 1.92. The molecule has 11 unspecified atom stereocenters. The fourth-order valence-electron chi connectivity index (χ4n) is 10.9. The molecule has 0 aromatic heterocycles. The van der Waals surface area contributed by atoms with Crippen molar-refractivity contribution in [2.24, 2.45) is 53.3 Å². The lowest BCUT2D eigenvalue weighted by molar-refractivity contribution is -0.398. The van der Waals surface area contributed by atoms with E-state index in [-0.39, 0.29) is 101 Å². The van der Waals surface area contributed by atoms with Crippen LogP contribution in [-0.2, 0) is 41.7 Å². The Morgan fingerprint density at radius 1 is 0.410 bits per heavy atom. The summed E-state index contributed by atoms with van der Waals surface area (Å²) in [6, 6.07) is 0. The van der Waals surface area contributed by atoms with Crippen molar-refractivity contribution < 1.29 is 94.4 Å². The van der Waals surface area contributed by atoms with Gasteiger partial charge < -0.3 is 41.7 Å². The average molecular weight is 1290 g/mol. The van der Waals surface area contributed by atoms with Gasteiger partial charge in [-0.3, -0.25) is 0 Å². The SMILES string of the molecule is C.C.C.C.C.C.CCOCOC(C)(CC1CC2CCC1C2)C(F)(F)F.CCOCOC(CC1CC2CCC1C2)(C(F)(F)F)C(F)(F)F.CCOCOC(CC1CC2CCC1C2)C(F)(F)F.CO[Si](C)(C)C.CO[Si](C)(C)C.CO[Si](C)(C)C. The standard InChI is InChI=1S/C14H20F6O2.C14H23F3O2.C13H21F3O2.3C4H12OSi.6CH4/c1-2-21-8-22-12(13(15,16)17,14(18,19)20)7-11-6-9-3-4-10(11)5-9;1-3-18-9-19-13(2,14(15,16)17)8-12-7-10-4-5-11(12)6-10;1-2-17-8-18-12(13(14,15)16)7-11-6-9-3-4-10(11)5-9;3*1-5-6(2,3)4;;;;;;/h9-11H,2-8H2,1H3;10-12H,3-9H2,1-2H3;9-12H,2-8H2,1H3;3*1-4H3;6*1H4. The topological polar surface area (TPSA) is 83.1 Å². The Labute approximate surface area is 501 Å². The second-order valence-corrected chi connectivity index (χ2v) is 38.7. The summed E-state index contributed by atoms with van der Waals surface area (Å²) in [5.41, 5.74) is -6.21. The van der Waals surface area contributed by atoms with Crippen LogP contribution in [0.5, 0.6) is 0 Å². The highest BCUT2D eigenvalue weighted by Gasteiger charge is 2.73. The van der Waals surface area contributed by atoms with E-state index in [9.17, 15) is 52.7 Å². The lowest BCUT2D eigenvalue weighted by atomic mass is 9.79. The molecular formula is C59H124F12O9Si3. The molecule has 0 radical (unpaired) electrons. The number of alkyl halides is 12. The number of halogens is 12. The second kappa shape index (κ2) is 41.0. The normalized spacial score (nSPS) is 25.2. The van der Waals surface area contributed by atoms with Crippen LogP contribution in [0.1, 0.15) is 169 Å². The first kappa shape index (κ1) is 93.6. The van der Waals surface area contributed by atoms with E-state index < -0.39 is 86.1 Å². The molecule has 0 aromatic rings. The van der Waals surface area contributed by atoms with Crippen molar-refractivity contribution in [3.8, 4) is 0 Å². The van der Waals surface area contributed by atoms with Crippen LogP contribution in [0.15, 0.2) is 0 Å². The molecule has 0 saturated heterocycles. The van der Waals surface area contributed by atoms with E-state index in [2.05, 4.69) is 68.4 Å². The Balaban J connectivity index is -0.000000227. The van der Waals surface area contributed by atoms with Crippen molar-refractivity contribution in [3.63, 3.8) is 0 Å². The van der Waals surface area contributed by atoms with Gasteiger partial charge in [0.2, 0.25) is 0 Å². The molecule has 6 aliphatic rings. The molecule has 6 aliphatic carbocycles. The highest BCUT2D eigenvalue weighted by molar-refractivity contribution is 6.70. The molecule has 9 nitrogen and oxygen atoms in total. The van der Waals surface area contributed by atoms with Gasteiger partial charge in [0.05, 0.1) is 0 Å². The fourth-order valence-corrected chi connectivity index (χ4v) is 10.9. The number of ether oxygens (including phenoxy) is 6. The molecule has 6 saturated carbocycles. The number of hydrogen-bond acceptors (Lipinski definition) is 9. The van der Waals surface area contributed by atoms with Crippen LogP contribution >= 0.6 is 0 Å². The largest absolute Gasteiger partial charge is 0.426 e. The minimum absolute atomic E-state index is 0. The number of hydrogen-bond donors (Lipinski definition) is 0. The molecule has 0 spiro atoms. The Kier molecular flexibility index (Phi) is 46.2. The summed E-state index contributed by atoms with van der Waals surface area (Å²) in [5.74, 6) is 2.26. The number of rotatable bonds is 21. The molecule has 11 atom stereocenters. The molecule has 0 N–H and O–H groups in total. The summed E-state index contributed by atoms with van der Waals surface area (Å²) in [6.45, 7) is 24.7. The molecule has 0 amide bonds. The molecule has 0 aliphatic heterocycles. The van der Waals surface area contributed by atoms with Gasteiger partial charge in [-0.15, -0.1) is 0 Å². The van der Waals surface area contributed by atoms with Crippen LogP contribution in [0.25, 0.3) is 0 Å². The Morgan fingerprint density at radius 2 is 0.711 bits per heavy atom. The van der Waals surface area contributed by atoms with Crippen LogP contribution in [0.3, 0.4) is 0 Å². The molecule has 0 heterocycles. The van der Waals surface area contributed by atoms with Crippen molar-refractivity contribution in [1.29, 1.82) is 0 Å². The van der Waals surface area contributed by atoms with Gasteiger partial charge in [0, 0.05) is 41.2 Å². The van der Waals surface area contributed by atoms with E-state index >= 15 is 0 Å². The van der Waals surface area contributed by atoms with Gasteiger partial charge in [-0.2, -0.15) is 52.7 Å². The van der Waals surface area contributed by atoms with Crippen molar-refractivity contribution in [2.75, 3.05) is 61.5 Å². The Hall–Kier alpha value is -0.549. The summed E-state index contributed by atoms with van der Waals surface area (Å²) in [4.78, 5) is 0. The van der Waals surface area contributed by atoms with Gasteiger partial charge in [0.1, 0.15) is 20.4 Å². The molecular weight excluding hydrogens is 1160 g/mol. The third kappa shape index (κ3) is 33.7. The zero-order chi connectivity index (χ0) is 59.5. The number of fused-ring (bicyclic) bond motifs is 6. The van der Waals surface area contributed by atoms with Crippen molar-refractivity contribution >= 4 is 25.0 Å². The van der Waals surface area contributed by atoms with Crippen LogP contribution < -0.4 is 0 Å². The Morgan fingerprint density at radius 3 is 0.964 bits per heavy atom. The summed E-state index contributed by atoms with van der Waals surface area (Å²) >= 11 is 0. The predicted molar refractivity (Wildman–Crippen MR) is 324 cm³/mol. The van der Waals surface area contributed by atoms with E-state index in [0.29, 0.717) is 49.7 Å².